The van der Waals surface area contributed by atoms with Crippen LogP contribution >= 0.6 is 0 Å². The number of para-hydroxylation sites is 1. The first-order valence-electron chi connectivity index (χ1n) is 6.28. The summed E-state index contributed by atoms with van der Waals surface area (Å²) in [4.78, 5) is 12.4. The lowest BCUT2D eigenvalue weighted by molar-refractivity contribution is -0.128. The smallest absolute Gasteiger partial charge is 0.293 e. The monoisotopic (exact) mass is 263 g/mol. The molecule has 0 unspecified atom stereocenters. The van der Waals surface area contributed by atoms with Crippen LogP contribution in [0.4, 0.5) is 0 Å². The molecule has 1 aromatic heterocycles. The number of benzene rings is 1. The van der Waals surface area contributed by atoms with E-state index in [4.69, 9.17) is 4.74 Å². The molecule has 0 fully saturated rings. The number of aromatic amines is 1. The minimum atomic E-state index is -0.148. The second kappa shape index (κ2) is 6.83. The van der Waals surface area contributed by atoms with E-state index in [2.05, 4.69) is 36.6 Å². The molecule has 19 heavy (non-hydrogen) atoms. The van der Waals surface area contributed by atoms with Crippen LogP contribution in [0.5, 0.6) is 5.75 Å². The Morgan fingerprint density at radius 2 is 1.95 bits per heavy atom. The minimum Gasteiger partial charge on any atom is -0.486 e. The number of nitrogens with one attached hydrogen (secondary N) is 1. The highest BCUT2D eigenvalue weighted by Gasteiger charge is 2.14. The van der Waals surface area contributed by atoms with E-state index >= 15 is 0 Å². The molecule has 4 nitrogen and oxygen atoms in total. The van der Waals surface area contributed by atoms with Crippen LogP contribution < -0.4 is 4.74 Å². The Hall–Kier alpha value is -1.97. The van der Waals surface area contributed by atoms with Crippen molar-refractivity contribution in [3.63, 3.8) is 0 Å². The van der Waals surface area contributed by atoms with Crippen molar-refractivity contribution in [3.05, 3.63) is 30.5 Å². The van der Waals surface area contributed by atoms with E-state index in [1.807, 2.05) is 24.4 Å². The van der Waals surface area contributed by atoms with Crippen LogP contribution in [0, 0.1) is 0 Å². The Balaban J connectivity index is 0.000000312. The number of fused-ring (bicyclic) bond motifs is 1. The summed E-state index contributed by atoms with van der Waals surface area (Å²) in [6, 6.07) is 8.14. The summed E-state index contributed by atoms with van der Waals surface area (Å²) in [5.74, 6) is 0.924. The maximum Gasteiger partial charge on any atom is 0.293 e. The first-order chi connectivity index (χ1) is 8.98. The van der Waals surface area contributed by atoms with Gasteiger partial charge < -0.3 is 14.5 Å². The first-order valence-corrected chi connectivity index (χ1v) is 6.28. The van der Waals surface area contributed by atoms with Crippen LogP contribution in [0.3, 0.4) is 0 Å². The van der Waals surface area contributed by atoms with Gasteiger partial charge in [-0.25, -0.2) is 0 Å². The highest BCUT2D eigenvalue weighted by atomic mass is 16.5. The Morgan fingerprint density at radius 3 is 2.47 bits per heavy atom. The molecule has 104 valence electrons. The number of hydrogen-bond donors (Lipinski definition) is 1. The highest BCUT2D eigenvalue weighted by Crippen LogP contribution is 2.27. The van der Waals surface area contributed by atoms with Crippen molar-refractivity contribution in [2.45, 2.75) is 33.3 Å². The van der Waals surface area contributed by atoms with Crippen LogP contribution in [-0.4, -0.2) is 23.7 Å². The summed E-state index contributed by atoms with van der Waals surface area (Å²) in [5, 5.41) is 1.14. The molecular weight excluding hydrogens is 242 g/mol. The van der Waals surface area contributed by atoms with Crippen molar-refractivity contribution < 1.29 is 14.3 Å². The maximum atomic E-state index is 9.18. The lowest BCUT2D eigenvalue weighted by Crippen LogP contribution is -2.22. The molecule has 0 aliphatic carbocycles. The summed E-state index contributed by atoms with van der Waals surface area (Å²) < 4.78 is 9.98. The average molecular weight is 263 g/mol. The van der Waals surface area contributed by atoms with Crippen molar-refractivity contribution >= 4 is 17.4 Å². The van der Waals surface area contributed by atoms with Crippen molar-refractivity contribution in [1.29, 1.82) is 0 Å². The number of hydrogen-bond acceptors (Lipinski definition) is 3. The lowest BCUT2D eigenvalue weighted by Gasteiger charge is -2.20. The molecule has 0 aliphatic rings. The number of carbonyl (C=O) groups is 1. The Kier molecular flexibility index (Phi) is 5.42. The Morgan fingerprint density at radius 1 is 1.26 bits per heavy atom. The topological polar surface area (TPSA) is 51.3 Å². The van der Waals surface area contributed by atoms with Gasteiger partial charge in [0, 0.05) is 17.1 Å². The fourth-order valence-electron chi connectivity index (χ4n) is 1.53. The van der Waals surface area contributed by atoms with E-state index in [-0.39, 0.29) is 5.60 Å². The number of ether oxygens (including phenoxy) is 2. The SMILES string of the molecule is CC(C)(C)Oc1c[nH]c2ccccc12.CCOC=O. The summed E-state index contributed by atoms with van der Waals surface area (Å²) in [6.45, 7) is 8.82. The summed E-state index contributed by atoms with van der Waals surface area (Å²) in [6.07, 6.45) is 1.91. The first kappa shape index (κ1) is 15.1. The standard InChI is InChI=1S/C12H15NO.C3H6O2/c1-12(2,3)14-11-8-13-10-7-5-4-6-9(10)11;1-2-5-3-4/h4-8,13H,1-3H3;3H,2H2,1H3. The molecule has 0 atom stereocenters. The van der Waals surface area contributed by atoms with Crippen LogP contribution in [0.25, 0.3) is 10.9 Å². The van der Waals surface area contributed by atoms with Crippen LogP contribution in [-0.2, 0) is 9.53 Å². The summed E-state index contributed by atoms with van der Waals surface area (Å²) in [7, 11) is 0. The van der Waals surface area contributed by atoms with Crippen LogP contribution in [0.1, 0.15) is 27.7 Å². The van der Waals surface area contributed by atoms with E-state index in [0.29, 0.717) is 13.1 Å². The third kappa shape index (κ3) is 5.04. The molecule has 1 aromatic carbocycles. The molecule has 4 heteroatoms. The van der Waals surface area contributed by atoms with Gasteiger partial charge in [-0.15, -0.1) is 0 Å². The number of aromatic nitrogens is 1. The molecule has 0 amide bonds. The van der Waals surface area contributed by atoms with Crippen molar-refractivity contribution in [1.82, 2.24) is 4.98 Å². The fourth-order valence-corrected chi connectivity index (χ4v) is 1.53. The van der Waals surface area contributed by atoms with E-state index in [1.54, 1.807) is 6.92 Å². The van der Waals surface area contributed by atoms with Gasteiger partial charge in [-0.05, 0) is 39.8 Å². The van der Waals surface area contributed by atoms with E-state index < -0.39 is 0 Å². The van der Waals surface area contributed by atoms with Gasteiger partial charge in [0.25, 0.3) is 6.47 Å². The van der Waals surface area contributed by atoms with Crippen LogP contribution in [0.15, 0.2) is 30.5 Å². The van der Waals surface area contributed by atoms with Crippen LogP contribution in [0.2, 0.25) is 0 Å². The van der Waals surface area contributed by atoms with Gasteiger partial charge in [-0.2, -0.15) is 0 Å². The number of rotatable bonds is 3. The van der Waals surface area contributed by atoms with Gasteiger partial charge in [0.2, 0.25) is 0 Å². The average Bonchev–Trinajstić information content (AvgIpc) is 2.73. The Bertz CT molecular complexity index is 511. The molecule has 0 saturated carbocycles. The molecule has 0 aliphatic heterocycles. The second-order valence-electron chi connectivity index (χ2n) is 4.96. The van der Waals surface area contributed by atoms with Gasteiger partial charge >= 0.3 is 0 Å². The molecule has 0 saturated heterocycles. The van der Waals surface area contributed by atoms with E-state index in [0.717, 1.165) is 16.7 Å². The largest absolute Gasteiger partial charge is 0.486 e. The molecule has 0 spiro atoms. The minimum absolute atomic E-state index is 0.148. The summed E-state index contributed by atoms with van der Waals surface area (Å²) >= 11 is 0. The molecule has 2 rings (SSSR count). The predicted molar refractivity (Wildman–Crippen MR) is 76.4 cm³/mol. The zero-order valence-electron chi connectivity index (χ0n) is 11.9. The predicted octanol–water partition coefficient (Wildman–Crippen LogP) is 3.52. The van der Waals surface area contributed by atoms with E-state index in [1.165, 1.54) is 0 Å². The molecule has 1 N–H and O–H groups in total. The highest BCUT2D eigenvalue weighted by molar-refractivity contribution is 5.85. The van der Waals surface area contributed by atoms with Gasteiger partial charge in [-0.1, -0.05) is 12.1 Å². The van der Waals surface area contributed by atoms with Crippen molar-refractivity contribution in [3.8, 4) is 5.75 Å². The fraction of sp³-hybridized carbons (Fsp3) is 0.400. The Labute approximate surface area is 113 Å². The van der Waals surface area contributed by atoms with Crippen molar-refractivity contribution in [2.75, 3.05) is 6.61 Å². The van der Waals surface area contributed by atoms with Gasteiger partial charge in [0.05, 0.1) is 6.61 Å². The normalized spacial score (nSPS) is 10.5. The zero-order chi connectivity index (χ0) is 14.3. The maximum absolute atomic E-state index is 9.18. The van der Waals surface area contributed by atoms with Gasteiger partial charge in [0.15, 0.2) is 0 Å². The molecular formula is C15H21NO3. The second-order valence-corrected chi connectivity index (χ2v) is 4.96. The van der Waals surface area contributed by atoms with Gasteiger partial charge in [-0.3, -0.25) is 4.79 Å². The molecule has 2 aromatic rings. The lowest BCUT2D eigenvalue weighted by atomic mass is 10.2. The summed E-state index contributed by atoms with van der Waals surface area (Å²) in [5.41, 5.74) is 0.970. The molecule has 1 heterocycles. The van der Waals surface area contributed by atoms with Crippen molar-refractivity contribution in [2.24, 2.45) is 0 Å². The van der Waals surface area contributed by atoms with E-state index in [9.17, 15) is 4.79 Å². The number of carbonyl (C=O) groups excluding carboxylic acids is 1. The quantitative estimate of drug-likeness (QED) is 0.862. The zero-order valence-corrected chi connectivity index (χ0v) is 11.9. The third-order valence-electron chi connectivity index (χ3n) is 2.20. The number of H-pyrrole nitrogens is 1. The molecule has 0 radical (unpaired) electrons. The third-order valence-corrected chi connectivity index (χ3v) is 2.20. The van der Waals surface area contributed by atoms with Gasteiger partial charge in [0.1, 0.15) is 11.4 Å². The molecule has 0 bridgehead atoms.